The zero-order chi connectivity index (χ0) is 51.7. The van der Waals surface area contributed by atoms with Crippen LogP contribution in [0.25, 0.3) is 49.9 Å². The number of hydrogen-bond donors (Lipinski definition) is 0. The molecule has 0 N–H and O–H groups in total. The molecule has 370 valence electrons. The Labute approximate surface area is 438 Å². The molecule has 0 spiro atoms. The molecule has 0 fully saturated rings. The molecular formula is C69H68N4O. The molecule has 3 heterocycles. The third-order valence-corrected chi connectivity index (χ3v) is 15.2. The first-order valence-corrected chi connectivity index (χ1v) is 26.2. The third-order valence-electron chi connectivity index (χ3n) is 15.2. The molecule has 11 rings (SSSR count). The molecule has 8 aromatic carbocycles. The molecule has 5 heteroatoms. The average molecular weight is 969 g/mol. The van der Waals surface area contributed by atoms with Crippen molar-refractivity contribution in [3.05, 3.63) is 228 Å². The van der Waals surface area contributed by atoms with Gasteiger partial charge in [0.2, 0.25) is 0 Å². The molecule has 2 aromatic heterocycles. The van der Waals surface area contributed by atoms with Crippen molar-refractivity contribution in [2.45, 2.75) is 97.8 Å². The Morgan fingerprint density at radius 2 is 0.986 bits per heavy atom. The van der Waals surface area contributed by atoms with E-state index in [4.69, 9.17) is 9.72 Å². The fourth-order valence-electron chi connectivity index (χ4n) is 10.6. The second kappa shape index (κ2) is 18.2. The summed E-state index contributed by atoms with van der Waals surface area (Å²) >= 11 is 0. The molecule has 0 amide bonds. The lowest BCUT2D eigenvalue weighted by Gasteiger charge is -2.28. The Bertz CT molecular complexity index is 3700. The molecule has 0 saturated carbocycles. The van der Waals surface area contributed by atoms with Crippen molar-refractivity contribution in [3.8, 4) is 39.6 Å². The van der Waals surface area contributed by atoms with Crippen LogP contribution in [0.1, 0.15) is 104 Å². The van der Waals surface area contributed by atoms with E-state index in [0.29, 0.717) is 6.67 Å². The fourth-order valence-corrected chi connectivity index (χ4v) is 10.6. The molecule has 0 unspecified atom stereocenters. The maximum atomic E-state index is 7.16. The van der Waals surface area contributed by atoms with Crippen molar-refractivity contribution in [3.63, 3.8) is 0 Å². The van der Waals surface area contributed by atoms with Gasteiger partial charge in [0, 0.05) is 45.9 Å². The van der Waals surface area contributed by atoms with E-state index in [0.717, 1.165) is 45.1 Å². The molecule has 74 heavy (non-hydrogen) atoms. The normalized spacial score (nSPS) is 13.2. The summed E-state index contributed by atoms with van der Waals surface area (Å²) in [6.45, 7) is 25.8. The minimum absolute atomic E-state index is 0.0465. The Kier molecular flexibility index (Phi) is 11.9. The van der Waals surface area contributed by atoms with E-state index < -0.39 is 0 Å². The van der Waals surface area contributed by atoms with Crippen LogP contribution in [0.5, 0.6) is 11.5 Å². The maximum Gasteiger partial charge on any atom is 0.137 e. The molecule has 5 nitrogen and oxygen atoms in total. The molecular weight excluding hydrogens is 901 g/mol. The summed E-state index contributed by atoms with van der Waals surface area (Å²) in [7, 11) is 0. The SMILES string of the molecule is CC(C)(C)c1cc(Oc2ccc3c4cc(-c5ccccc5)ccc4n(-c4cc(C(C)(C)C)ccn4)c3c2)cc(N2CN(c3cc(-c4ccccc4)cc(C(C)(C)C)c3)c3ccc(C(C)(C)c4ccccc4)cc32)c1. The Balaban J connectivity index is 1.06. The standard InChI is InChI=1S/C69H68N4O/c1-66(2,3)51-33-34-70-65(42-51)73-61-31-27-48(46-21-15-12-16-22-46)37-60(61)59-30-29-57(44-63(59)73)74-58-40-54(68(7,8)9)39-56(43-58)72-45-71(55-36-49(47-23-17-13-18-24-47)35-53(38-55)67(4,5)6)62-32-28-52(41-64(62)72)69(10,11)50-25-19-14-20-26-50/h12-44H,45H2,1-11H3. The van der Waals surface area contributed by atoms with Gasteiger partial charge in [-0.25, -0.2) is 4.98 Å². The smallest absolute Gasteiger partial charge is 0.137 e. The van der Waals surface area contributed by atoms with Gasteiger partial charge in [-0.05, 0) is 139 Å². The van der Waals surface area contributed by atoms with Crippen molar-refractivity contribution in [1.29, 1.82) is 0 Å². The van der Waals surface area contributed by atoms with E-state index in [1.165, 1.54) is 66.8 Å². The average Bonchev–Trinajstić information content (AvgIpc) is 3.95. The van der Waals surface area contributed by atoms with Crippen LogP contribution in [-0.2, 0) is 21.7 Å². The fraction of sp³-hybridized carbons (Fsp3) is 0.232. The van der Waals surface area contributed by atoms with E-state index in [9.17, 15) is 0 Å². The van der Waals surface area contributed by atoms with E-state index in [1.54, 1.807) is 0 Å². The van der Waals surface area contributed by atoms with Gasteiger partial charge in [-0.1, -0.05) is 185 Å². The van der Waals surface area contributed by atoms with Gasteiger partial charge in [0.15, 0.2) is 0 Å². The van der Waals surface area contributed by atoms with E-state index in [-0.39, 0.29) is 21.7 Å². The zero-order valence-corrected chi connectivity index (χ0v) is 45.0. The molecule has 1 aliphatic rings. The first kappa shape index (κ1) is 48.4. The lowest BCUT2D eigenvalue weighted by molar-refractivity contribution is 0.479. The second-order valence-corrected chi connectivity index (χ2v) is 23.9. The predicted molar refractivity (Wildman–Crippen MR) is 313 cm³/mol. The first-order chi connectivity index (χ1) is 35.3. The maximum absolute atomic E-state index is 7.16. The summed E-state index contributed by atoms with van der Waals surface area (Å²) in [5.41, 5.74) is 17.2. The topological polar surface area (TPSA) is 33.5 Å². The van der Waals surface area contributed by atoms with Crippen molar-refractivity contribution >= 4 is 44.6 Å². The summed E-state index contributed by atoms with van der Waals surface area (Å²) in [5, 5.41) is 2.31. The Morgan fingerprint density at radius 1 is 0.378 bits per heavy atom. The molecule has 1 aliphatic heterocycles. The van der Waals surface area contributed by atoms with Crippen LogP contribution in [0.3, 0.4) is 0 Å². The van der Waals surface area contributed by atoms with Crippen LogP contribution < -0.4 is 14.5 Å². The third kappa shape index (κ3) is 9.14. The Hall–Kier alpha value is -7.89. The lowest BCUT2D eigenvalue weighted by Crippen LogP contribution is -2.25. The van der Waals surface area contributed by atoms with E-state index in [1.807, 2.05) is 6.20 Å². The number of benzene rings is 8. The van der Waals surface area contributed by atoms with Crippen LogP contribution in [-0.4, -0.2) is 16.2 Å². The minimum atomic E-state index is -0.239. The summed E-state index contributed by atoms with van der Waals surface area (Å²) in [4.78, 5) is 10.0. The highest BCUT2D eigenvalue weighted by Gasteiger charge is 2.34. The Morgan fingerprint density at radius 3 is 1.65 bits per heavy atom. The van der Waals surface area contributed by atoms with Gasteiger partial charge in [-0.15, -0.1) is 0 Å². The van der Waals surface area contributed by atoms with Crippen molar-refractivity contribution in [1.82, 2.24) is 9.55 Å². The highest BCUT2D eigenvalue weighted by Crippen LogP contribution is 2.50. The van der Waals surface area contributed by atoms with Crippen molar-refractivity contribution in [2.75, 3.05) is 16.5 Å². The zero-order valence-electron chi connectivity index (χ0n) is 45.0. The first-order valence-electron chi connectivity index (χ1n) is 26.2. The van der Waals surface area contributed by atoms with Gasteiger partial charge >= 0.3 is 0 Å². The van der Waals surface area contributed by atoms with Gasteiger partial charge < -0.3 is 14.5 Å². The lowest BCUT2D eigenvalue weighted by atomic mass is 9.78. The predicted octanol–water partition coefficient (Wildman–Crippen LogP) is 18.8. The highest BCUT2D eigenvalue weighted by molar-refractivity contribution is 6.10. The number of anilines is 4. The van der Waals surface area contributed by atoms with E-state index >= 15 is 0 Å². The van der Waals surface area contributed by atoms with Crippen LogP contribution in [0.2, 0.25) is 0 Å². The number of hydrogen-bond acceptors (Lipinski definition) is 4. The molecule has 0 bridgehead atoms. The van der Waals surface area contributed by atoms with Crippen LogP contribution in [0, 0.1) is 0 Å². The molecule has 0 saturated heterocycles. The summed E-state index contributed by atoms with van der Waals surface area (Å²) in [5.74, 6) is 2.43. The van der Waals surface area contributed by atoms with Crippen LogP contribution in [0.4, 0.5) is 22.7 Å². The monoisotopic (exact) mass is 969 g/mol. The van der Waals surface area contributed by atoms with Gasteiger partial charge in [0.1, 0.15) is 24.0 Å². The van der Waals surface area contributed by atoms with Gasteiger partial charge in [0.25, 0.3) is 0 Å². The minimum Gasteiger partial charge on any atom is -0.457 e. The number of nitrogens with zero attached hydrogens (tertiary/aromatic N) is 4. The summed E-state index contributed by atoms with van der Waals surface area (Å²) in [6, 6.07) is 71.1. The summed E-state index contributed by atoms with van der Waals surface area (Å²) < 4.78 is 9.47. The second-order valence-electron chi connectivity index (χ2n) is 23.9. The van der Waals surface area contributed by atoms with Crippen LogP contribution >= 0.6 is 0 Å². The summed E-state index contributed by atoms with van der Waals surface area (Å²) in [6.07, 6.45) is 1.94. The van der Waals surface area contributed by atoms with E-state index in [2.05, 4.69) is 285 Å². The van der Waals surface area contributed by atoms with Crippen LogP contribution in [0.15, 0.2) is 200 Å². The quantitative estimate of drug-likeness (QED) is 0.144. The number of rotatable bonds is 9. The highest BCUT2D eigenvalue weighted by atomic mass is 16.5. The largest absolute Gasteiger partial charge is 0.457 e. The molecule has 0 atom stereocenters. The molecule has 0 radical (unpaired) electrons. The number of aromatic nitrogens is 2. The van der Waals surface area contributed by atoms with Gasteiger partial charge in [-0.2, -0.15) is 0 Å². The van der Waals surface area contributed by atoms with Gasteiger partial charge in [-0.3, -0.25) is 4.57 Å². The van der Waals surface area contributed by atoms with Gasteiger partial charge in [0.05, 0.1) is 22.4 Å². The van der Waals surface area contributed by atoms with Crippen molar-refractivity contribution < 1.29 is 4.74 Å². The number of pyridine rings is 1. The molecule has 0 aliphatic carbocycles. The molecule has 10 aromatic rings. The number of ether oxygens (including phenoxy) is 1. The number of fused-ring (bicyclic) bond motifs is 4. The van der Waals surface area contributed by atoms with Crippen molar-refractivity contribution in [2.24, 2.45) is 0 Å².